The second kappa shape index (κ2) is 7.45. The van der Waals surface area contributed by atoms with E-state index in [0.29, 0.717) is 5.92 Å². The molecule has 0 bridgehead atoms. The summed E-state index contributed by atoms with van der Waals surface area (Å²) in [6.07, 6.45) is 1.09. The number of hydrogen-bond donors (Lipinski definition) is 1. The number of hydrogen-bond acceptors (Lipinski definition) is 1. The molecule has 1 atom stereocenters. The number of aryl methyl sites for hydroxylation is 2. The van der Waals surface area contributed by atoms with Gasteiger partial charge in [0, 0.05) is 5.56 Å². The molecule has 0 fully saturated rings. The van der Waals surface area contributed by atoms with Gasteiger partial charge in [-0.3, -0.25) is 4.79 Å². The smallest absolute Gasteiger partial charge is 0.251 e. The van der Waals surface area contributed by atoms with Crippen LogP contribution in [-0.2, 0) is 6.42 Å². The molecule has 0 spiro atoms. The molecule has 0 unspecified atom stereocenters. The second-order valence-electron chi connectivity index (χ2n) is 6.91. The molecule has 2 aromatic rings. The van der Waals surface area contributed by atoms with E-state index in [9.17, 15) is 4.79 Å². The van der Waals surface area contributed by atoms with Gasteiger partial charge in [-0.15, -0.1) is 0 Å². The molecule has 2 nitrogen and oxygen atoms in total. The zero-order valence-electron chi connectivity index (χ0n) is 14.8. The average molecular weight is 309 g/mol. The fourth-order valence-electron chi connectivity index (χ4n) is 2.88. The highest BCUT2D eigenvalue weighted by molar-refractivity contribution is 5.94. The van der Waals surface area contributed by atoms with Crippen LogP contribution < -0.4 is 5.32 Å². The molecule has 2 rings (SSSR count). The van der Waals surface area contributed by atoms with Gasteiger partial charge in [-0.2, -0.15) is 0 Å². The Bertz CT molecular complexity index is 650. The number of amides is 1. The highest BCUT2D eigenvalue weighted by Gasteiger charge is 2.12. The summed E-state index contributed by atoms with van der Waals surface area (Å²) in [5.74, 6) is 0.637. The van der Waals surface area contributed by atoms with Crippen molar-refractivity contribution in [2.45, 2.75) is 47.1 Å². The van der Waals surface area contributed by atoms with Crippen LogP contribution in [0.4, 0.5) is 0 Å². The summed E-state index contributed by atoms with van der Waals surface area (Å²) in [5.41, 5.74) is 5.43. The maximum Gasteiger partial charge on any atom is 0.251 e. The molecule has 122 valence electrons. The van der Waals surface area contributed by atoms with Crippen molar-refractivity contribution in [2.75, 3.05) is 0 Å². The molecule has 0 aliphatic rings. The van der Waals surface area contributed by atoms with Crippen LogP contribution in [0.3, 0.4) is 0 Å². The Kier molecular flexibility index (Phi) is 5.59. The van der Waals surface area contributed by atoms with Crippen LogP contribution >= 0.6 is 0 Å². The Morgan fingerprint density at radius 1 is 0.957 bits per heavy atom. The molecule has 1 amide bonds. The molecule has 0 radical (unpaired) electrons. The van der Waals surface area contributed by atoms with E-state index in [1.165, 1.54) is 5.56 Å². The first-order valence-corrected chi connectivity index (χ1v) is 8.33. The van der Waals surface area contributed by atoms with Crippen LogP contribution in [0.15, 0.2) is 42.5 Å². The lowest BCUT2D eigenvalue weighted by atomic mass is 9.99. The fraction of sp³-hybridized carbons (Fsp3) is 0.381. The van der Waals surface area contributed by atoms with Gasteiger partial charge in [0.05, 0.1) is 6.04 Å². The molecule has 0 aromatic heterocycles. The third kappa shape index (κ3) is 4.95. The molecule has 0 aliphatic heterocycles. The van der Waals surface area contributed by atoms with E-state index >= 15 is 0 Å². The molecular weight excluding hydrogens is 282 g/mol. The van der Waals surface area contributed by atoms with Crippen molar-refractivity contribution in [1.82, 2.24) is 5.32 Å². The van der Waals surface area contributed by atoms with E-state index in [1.807, 2.05) is 32.9 Å². The fourth-order valence-corrected chi connectivity index (χ4v) is 2.88. The van der Waals surface area contributed by atoms with Crippen LogP contribution in [0.1, 0.15) is 59.4 Å². The van der Waals surface area contributed by atoms with E-state index in [-0.39, 0.29) is 11.9 Å². The first-order chi connectivity index (χ1) is 10.8. The normalized spacial score (nSPS) is 12.3. The Hall–Kier alpha value is -2.09. The minimum atomic E-state index is -0.0180. The number of carbonyl (C=O) groups is 1. The van der Waals surface area contributed by atoms with Gasteiger partial charge in [0.15, 0.2) is 0 Å². The minimum absolute atomic E-state index is 0.00332. The zero-order valence-corrected chi connectivity index (χ0v) is 14.8. The number of carbonyl (C=O) groups excluding carboxylic acids is 1. The van der Waals surface area contributed by atoms with Crippen LogP contribution in [-0.4, -0.2) is 5.91 Å². The maximum atomic E-state index is 12.4. The van der Waals surface area contributed by atoms with E-state index < -0.39 is 0 Å². The van der Waals surface area contributed by atoms with Crippen molar-refractivity contribution in [1.29, 1.82) is 0 Å². The maximum absolute atomic E-state index is 12.4. The van der Waals surface area contributed by atoms with Crippen molar-refractivity contribution >= 4 is 5.91 Å². The quantitative estimate of drug-likeness (QED) is 0.828. The zero-order chi connectivity index (χ0) is 17.0. The van der Waals surface area contributed by atoms with E-state index in [1.54, 1.807) is 0 Å². The highest BCUT2D eigenvalue weighted by Crippen LogP contribution is 2.17. The second-order valence-corrected chi connectivity index (χ2v) is 6.91. The molecule has 0 heterocycles. The molecular formula is C21H27NO. The topological polar surface area (TPSA) is 29.1 Å². The standard InChI is InChI=1S/C21H27NO/c1-14(2)10-18-6-8-19(9-7-18)17(5)22-21(23)20-12-15(3)11-16(4)13-20/h6-9,11-14,17H,10H2,1-5H3,(H,22,23)/t17-/m0/s1. The van der Waals surface area contributed by atoms with Gasteiger partial charge in [-0.05, 0) is 56.4 Å². The summed E-state index contributed by atoms with van der Waals surface area (Å²) in [5, 5.41) is 3.09. The molecule has 23 heavy (non-hydrogen) atoms. The Morgan fingerprint density at radius 3 is 2.04 bits per heavy atom. The van der Waals surface area contributed by atoms with Gasteiger partial charge in [-0.25, -0.2) is 0 Å². The first kappa shape index (κ1) is 17.3. The van der Waals surface area contributed by atoms with Gasteiger partial charge in [0.25, 0.3) is 5.91 Å². The molecule has 2 aromatic carbocycles. The summed E-state index contributed by atoms with van der Waals surface area (Å²) < 4.78 is 0. The predicted octanol–water partition coefficient (Wildman–Crippen LogP) is 4.99. The number of benzene rings is 2. The average Bonchev–Trinajstić information content (AvgIpc) is 2.46. The molecule has 0 saturated heterocycles. The van der Waals surface area contributed by atoms with E-state index in [4.69, 9.17) is 0 Å². The Labute approximate surface area is 139 Å². The lowest BCUT2D eigenvalue weighted by Gasteiger charge is -2.16. The third-order valence-electron chi connectivity index (χ3n) is 3.96. The Morgan fingerprint density at radius 2 is 1.52 bits per heavy atom. The monoisotopic (exact) mass is 309 g/mol. The van der Waals surface area contributed by atoms with E-state index in [2.05, 4.69) is 49.5 Å². The lowest BCUT2D eigenvalue weighted by Crippen LogP contribution is -2.26. The molecule has 0 saturated carbocycles. The summed E-state index contributed by atoms with van der Waals surface area (Å²) in [7, 11) is 0. The lowest BCUT2D eigenvalue weighted by molar-refractivity contribution is 0.0939. The van der Waals surface area contributed by atoms with Crippen molar-refractivity contribution in [3.05, 3.63) is 70.3 Å². The minimum Gasteiger partial charge on any atom is -0.346 e. The van der Waals surface area contributed by atoms with Gasteiger partial charge in [-0.1, -0.05) is 55.3 Å². The SMILES string of the molecule is Cc1cc(C)cc(C(=O)N[C@@H](C)c2ccc(CC(C)C)cc2)c1. The number of nitrogens with one attached hydrogen (secondary N) is 1. The predicted molar refractivity (Wildman–Crippen MR) is 96.8 cm³/mol. The summed E-state index contributed by atoms with van der Waals surface area (Å²) in [6.45, 7) is 10.5. The van der Waals surface area contributed by atoms with Gasteiger partial charge < -0.3 is 5.32 Å². The van der Waals surface area contributed by atoms with Crippen LogP contribution in [0.5, 0.6) is 0 Å². The highest BCUT2D eigenvalue weighted by atomic mass is 16.1. The van der Waals surface area contributed by atoms with Gasteiger partial charge in [0.2, 0.25) is 0 Å². The van der Waals surface area contributed by atoms with Crippen LogP contribution in [0, 0.1) is 19.8 Å². The number of rotatable bonds is 5. The van der Waals surface area contributed by atoms with Gasteiger partial charge in [0.1, 0.15) is 0 Å². The van der Waals surface area contributed by atoms with Crippen LogP contribution in [0.2, 0.25) is 0 Å². The van der Waals surface area contributed by atoms with Crippen molar-refractivity contribution < 1.29 is 4.79 Å². The molecule has 1 N–H and O–H groups in total. The third-order valence-corrected chi connectivity index (χ3v) is 3.96. The molecule has 2 heteroatoms. The van der Waals surface area contributed by atoms with E-state index in [0.717, 1.165) is 28.7 Å². The van der Waals surface area contributed by atoms with Crippen molar-refractivity contribution in [2.24, 2.45) is 5.92 Å². The van der Waals surface area contributed by atoms with Crippen molar-refractivity contribution in [3.63, 3.8) is 0 Å². The first-order valence-electron chi connectivity index (χ1n) is 8.33. The van der Waals surface area contributed by atoms with Gasteiger partial charge >= 0.3 is 0 Å². The summed E-state index contributed by atoms with van der Waals surface area (Å²) in [6, 6.07) is 14.5. The Balaban J connectivity index is 2.05. The summed E-state index contributed by atoms with van der Waals surface area (Å²) in [4.78, 5) is 12.4. The largest absolute Gasteiger partial charge is 0.346 e. The van der Waals surface area contributed by atoms with Crippen molar-refractivity contribution in [3.8, 4) is 0 Å². The van der Waals surface area contributed by atoms with Crippen LogP contribution in [0.25, 0.3) is 0 Å². The molecule has 0 aliphatic carbocycles. The summed E-state index contributed by atoms with van der Waals surface area (Å²) >= 11 is 0.